The monoisotopic (exact) mass is 459 g/mol. The summed E-state index contributed by atoms with van der Waals surface area (Å²) in [6.07, 6.45) is -0.968. The number of alkyl carbamates (subject to hydrolysis) is 1. The molecule has 7 heteroatoms. The molecule has 0 spiro atoms. The minimum absolute atomic E-state index is 0.184. The Morgan fingerprint density at radius 1 is 1.03 bits per heavy atom. The molecule has 0 bridgehead atoms. The SMILES string of the molecule is CCOC(=O)C[C@H](NC(=O)OC(C)(C)C)c1cc(-c2c(C)cc(OC)cc2C)cc(C)c1F. The molecule has 2 rings (SSSR count). The molecule has 0 radical (unpaired) electrons. The Kier molecular flexibility index (Phi) is 8.47. The van der Waals surface area contributed by atoms with Crippen molar-refractivity contribution in [2.24, 2.45) is 0 Å². The van der Waals surface area contributed by atoms with E-state index < -0.39 is 29.5 Å². The van der Waals surface area contributed by atoms with Gasteiger partial charge < -0.3 is 19.5 Å². The van der Waals surface area contributed by atoms with E-state index in [2.05, 4.69) is 5.32 Å². The average molecular weight is 460 g/mol. The summed E-state index contributed by atoms with van der Waals surface area (Å²) in [6, 6.07) is 6.29. The van der Waals surface area contributed by atoms with Crippen molar-refractivity contribution in [3.8, 4) is 16.9 Å². The summed E-state index contributed by atoms with van der Waals surface area (Å²) in [5.41, 5.74) is 3.49. The lowest BCUT2D eigenvalue weighted by Crippen LogP contribution is -2.36. The van der Waals surface area contributed by atoms with Crippen LogP contribution >= 0.6 is 0 Å². The molecule has 0 aliphatic heterocycles. The quantitative estimate of drug-likeness (QED) is 0.518. The molecule has 33 heavy (non-hydrogen) atoms. The van der Waals surface area contributed by atoms with Crippen molar-refractivity contribution in [2.45, 2.75) is 66.5 Å². The Hall–Kier alpha value is -3.09. The van der Waals surface area contributed by atoms with Gasteiger partial charge in [-0.1, -0.05) is 0 Å². The van der Waals surface area contributed by atoms with Crippen LogP contribution in [-0.4, -0.2) is 31.4 Å². The van der Waals surface area contributed by atoms with Crippen molar-refractivity contribution in [1.82, 2.24) is 5.32 Å². The van der Waals surface area contributed by atoms with Crippen LogP contribution in [0.3, 0.4) is 0 Å². The molecule has 1 atom stereocenters. The highest BCUT2D eigenvalue weighted by Crippen LogP contribution is 2.35. The third-order valence-corrected chi connectivity index (χ3v) is 5.06. The van der Waals surface area contributed by atoms with Crippen LogP contribution < -0.4 is 10.1 Å². The van der Waals surface area contributed by atoms with Crippen LogP contribution in [0.4, 0.5) is 9.18 Å². The molecule has 180 valence electrons. The van der Waals surface area contributed by atoms with Gasteiger partial charge in [0.15, 0.2) is 0 Å². The van der Waals surface area contributed by atoms with E-state index >= 15 is 4.39 Å². The number of methoxy groups -OCH3 is 1. The number of rotatable bonds is 7. The van der Waals surface area contributed by atoms with Gasteiger partial charge in [0, 0.05) is 5.56 Å². The van der Waals surface area contributed by atoms with Gasteiger partial charge in [-0.2, -0.15) is 0 Å². The third kappa shape index (κ3) is 6.94. The van der Waals surface area contributed by atoms with E-state index in [0.29, 0.717) is 5.56 Å². The summed E-state index contributed by atoms with van der Waals surface area (Å²) in [5.74, 6) is -0.301. The average Bonchev–Trinajstić information content (AvgIpc) is 2.68. The molecule has 2 aromatic carbocycles. The second kappa shape index (κ2) is 10.7. The second-order valence-electron chi connectivity index (χ2n) is 9.04. The second-order valence-corrected chi connectivity index (χ2v) is 9.04. The predicted molar refractivity (Wildman–Crippen MR) is 126 cm³/mol. The number of hydrogen-bond acceptors (Lipinski definition) is 5. The normalized spacial score (nSPS) is 12.2. The fourth-order valence-corrected chi connectivity index (χ4v) is 3.77. The lowest BCUT2D eigenvalue weighted by molar-refractivity contribution is -0.143. The van der Waals surface area contributed by atoms with Crippen molar-refractivity contribution < 1.29 is 28.2 Å². The lowest BCUT2D eigenvalue weighted by Gasteiger charge is -2.25. The minimum Gasteiger partial charge on any atom is -0.497 e. The Labute approximate surface area is 195 Å². The van der Waals surface area contributed by atoms with Crippen LogP contribution in [0.5, 0.6) is 5.75 Å². The molecular weight excluding hydrogens is 425 g/mol. The van der Waals surface area contributed by atoms with Crippen LogP contribution in [0.1, 0.15) is 62.4 Å². The summed E-state index contributed by atoms with van der Waals surface area (Å²) in [4.78, 5) is 24.8. The van der Waals surface area contributed by atoms with E-state index in [1.165, 1.54) is 0 Å². The first kappa shape index (κ1) is 26.2. The molecule has 0 aliphatic carbocycles. The Balaban J connectivity index is 2.58. The predicted octanol–water partition coefficient (Wildman–Crippen LogP) is 5.95. The number of amides is 1. The molecule has 0 saturated heterocycles. The topological polar surface area (TPSA) is 73.9 Å². The number of halogens is 1. The van der Waals surface area contributed by atoms with Gasteiger partial charge in [-0.25, -0.2) is 9.18 Å². The number of nitrogens with one attached hydrogen (secondary N) is 1. The summed E-state index contributed by atoms with van der Waals surface area (Å²) in [7, 11) is 1.61. The van der Waals surface area contributed by atoms with Crippen molar-refractivity contribution in [3.63, 3.8) is 0 Å². The van der Waals surface area contributed by atoms with Crippen LogP contribution in [-0.2, 0) is 14.3 Å². The van der Waals surface area contributed by atoms with E-state index in [-0.39, 0.29) is 18.6 Å². The van der Waals surface area contributed by atoms with Crippen LogP contribution in [0.15, 0.2) is 24.3 Å². The molecule has 1 N–H and O–H groups in total. The van der Waals surface area contributed by atoms with Crippen molar-refractivity contribution in [1.29, 1.82) is 0 Å². The number of hydrogen-bond donors (Lipinski definition) is 1. The highest BCUT2D eigenvalue weighted by atomic mass is 19.1. The molecule has 0 unspecified atom stereocenters. The molecule has 0 aromatic heterocycles. The van der Waals surface area contributed by atoms with Crippen molar-refractivity contribution in [3.05, 3.63) is 52.3 Å². The van der Waals surface area contributed by atoms with Crippen LogP contribution in [0, 0.1) is 26.6 Å². The van der Waals surface area contributed by atoms with Gasteiger partial charge in [-0.15, -0.1) is 0 Å². The fraction of sp³-hybridized carbons (Fsp3) is 0.462. The van der Waals surface area contributed by atoms with Crippen molar-refractivity contribution in [2.75, 3.05) is 13.7 Å². The first-order valence-electron chi connectivity index (χ1n) is 11.0. The molecule has 1 amide bonds. The Morgan fingerprint density at radius 3 is 2.15 bits per heavy atom. The first-order chi connectivity index (χ1) is 15.4. The van der Waals surface area contributed by atoms with Crippen LogP contribution in [0.2, 0.25) is 0 Å². The van der Waals surface area contributed by atoms with E-state index in [9.17, 15) is 9.59 Å². The summed E-state index contributed by atoms with van der Waals surface area (Å²) < 4.78 is 31.1. The standard InChI is InChI=1S/C26H34FNO5/c1-9-32-22(29)14-21(28-25(30)33-26(5,6)7)20-13-18(10-17(4)24(20)27)23-15(2)11-19(31-8)12-16(23)3/h10-13,21H,9,14H2,1-8H3,(H,28,30)/t21-/m0/s1. The Bertz CT molecular complexity index is 1000. The molecule has 0 heterocycles. The van der Waals surface area contributed by atoms with Crippen molar-refractivity contribution >= 4 is 12.1 Å². The summed E-state index contributed by atoms with van der Waals surface area (Å²) >= 11 is 0. The maximum Gasteiger partial charge on any atom is 0.408 e. The number of ether oxygens (including phenoxy) is 3. The lowest BCUT2D eigenvalue weighted by atomic mass is 9.90. The molecule has 0 aliphatic rings. The molecule has 0 fully saturated rings. The number of benzene rings is 2. The highest BCUT2D eigenvalue weighted by molar-refractivity contribution is 5.76. The zero-order chi connectivity index (χ0) is 24.9. The van der Waals surface area contributed by atoms with E-state index in [4.69, 9.17) is 14.2 Å². The van der Waals surface area contributed by atoms with E-state index in [1.54, 1.807) is 53.9 Å². The largest absolute Gasteiger partial charge is 0.497 e. The number of carbonyl (C=O) groups excluding carboxylic acids is 2. The van der Waals surface area contributed by atoms with Gasteiger partial charge in [0.25, 0.3) is 0 Å². The number of aryl methyl sites for hydroxylation is 3. The smallest absolute Gasteiger partial charge is 0.408 e. The number of carbonyl (C=O) groups is 2. The van der Waals surface area contributed by atoms with Gasteiger partial charge in [-0.3, -0.25) is 4.79 Å². The maximum atomic E-state index is 15.3. The van der Waals surface area contributed by atoms with Gasteiger partial charge in [-0.05, 0) is 101 Å². The summed E-state index contributed by atoms with van der Waals surface area (Å²) in [6.45, 7) is 12.6. The van der Waals surface area contributed by atoms with Crippen LogP contribution in [0.25, 0.3) is 11.1 Å². The summed E-state index contributed by atoms with van der Waals surface area (Å²) in [5, 5.41) is 2.65. The van der Waals surface area contributed by atoms with Gasteiger partial charge in [0.05, 0.1) is 26.2 Å². The minimum atomic E-state index is -0.962. The highest BCUT2D eigenvalue weighted by Gasteiger charge is 2.27. The third-order valence-electron chi connectivity index (χ3n) is 5.06. The molecule has 6 nitrogen and oxygen atoms in total. The number of esters is 1. The fourth-order valence-electron chi connectivity index (χ4n) is 3.77. The van der Waals surface area contributed by atoms with Gasteiger partial charge in [0.1, 0.15) is 17.2 Å². The zero-order valence-corrected chi connectivity index (χ0v) is 20.7. The molecule has 0 saturated carbocycles. The zero-order valence-electron chi connectivity index (χ0n) is 20.7. The maximum absolute atomic E-state index is 15.3. The first-order valence-corrected chi connectivity index (χ1v) is 11.0. The molecule has 2 aromatic rings. The van der Waals surface area contributed by atoms with Gasteiger partial charge in [0.2, 0.25) is 0 Å². The van der Waals surface area contributed by atoms with E-state index in [1.807, 2.05) is 26.0 Å². The molecular formula is C26H34FNO5. The Morgan fingerprint density at radius 2 is 1.64 bits per heavy atom. The van der Waals surface area contributed by atoms with Gasteiger partial charge >= 0.3 is 12.1 Å². The van der Waals surface area contributed by atoms with E-state index in [0.717, 1.165) is 28.0 Å².